The fourth-order valence-electron chi connectivity index (χ4n) is 9.14. The van der Waals surface area contributed by atoms with Crippen molar-refractivity contribution in [3.05, 3.63) is 129 Å². The van der Waals surface area contributed by atoms with Crippen molar-refractivity contribution in [3.63, 3.8) is 0 Å². The molecule has 1 aliphatic rings. The van der Waals surface area contributed by atoms with Crippen molar-refractivity contribution in [3.8, 4) is 0 Å². The molecule has 1 saturated carbocycles. The topological polar surface area (TPSA) is 52.0 Å². The third-order valence-electron chi connectivity index (χ3n) is 12.2. The summed E-state index contributed by atoms with van der Waals surface area (Å²) in [6.07, 6.45) is 19.0. The average molecular weight is 671 g/mol. The highest BCUT2D eigenvalue weighted by Gasteiger charge is 2.38. The Kier molecular flexibility index (Phi) is 13.7. The van der Waals surface area contributed by atoms with E-state index in [9.17, 15) is 0 Å². The van der Waals surface area contributed by atoms with Crippen molar-refractivity contribution in [2.24, 2.45) is 5.92 Å². The molecule has 0 amide bonds. The van der Waals surface area contributed by atoms with Crippen LogP contribution in [0.3, 0.4) is 0 Å². The van der Waals surface area contributed by atoms with E-state index in [0.29, 0.717) is 11.8 Å². The van der Waals surface area contributed by atoms with Crippen LogP contribution < -0.4 is 11.5 Å². The number of unbranched alkanes of at least 4 members (excludes halogenated alkanes) is 5. The Morgan fingerprint density at radius 3 is 1.36 bits per heavy atom. The Balaban J connectivity index is 1.49. The monoisotopic (exact) mass is 671 g/mol. The summed E-state index contributed by atoms with van der Waals surface area (Å²) in [6.45, 7) is 11.4. The summed E-state index contributed by atoms with van der Waals surface area (Å²) < 4.78 is 0. The molecule has 1 fully saturated rings. The minimum atomic E-state index is 0.0589. The van der Waals surface area contributed by atoms with Crippen LogP contribution in [0.15, 0.2) is 84.9 Å². The largest absolute Gasteiger partial charge is 0.399 e. The Morgan fingerprint density at radius 1 is 0.560 bits per heavy atom. The van der Waals surface area contributed by atoms with Gasteiger partial charge in [-0.05, 0) is 127 Å². The summed E-state index contributed by atoms with van der Waals surface area (Å²) in [4.78, 5) is 0. The molecule has 2 unspecified atom stereocenters. The first-order valence-electron chi connectivity index (χ1n) is 20.2. The van der Waals surface area contributed by atoms with E-state index in [1.807, 2.05) is 0 Å². The molecule has 0 bridgehead atoms. The lowest BCUT2D eigenvalue weighted by Crippen LogP contribution is -2.33. The molecule has 0 heterocycles. The number of rotatable bonds is 17. The molecule has 5 rings (SSSR count). The van der Waals surface area contributed by atoms with Crippen molar-refractivity contribution in [1.82, 2.24) is 0 Å². The lowest BCUT2D eigenvalue weighted by molar-refractivity contribution is 0.251. The first kappa shape index (κ1) is 37.7. The predicted octanol–water partition coefficient (Wildman–Crippen LogP) is 13.6. The standard InChI is InChI=1S/C48H66N2/c1-6-9-12-15-46(44-27-25-42(49)33-35(44)4)38-17-21-40(22-18-38)48(31-29-37(30-32-48)14-11-8-3)41-23-19-39(20-24-41)47(16-13-10-7-2)45-28-26-43(50)34-36(45)5/h17-28,33-34,37,46-47H,6-16,29-32,49-50H2,1-5H3. The van der Waals surface area contributed by atoms with E-state index in [1.165, 1.54) is 141 Å². The van der Waals surface area contributed by atoms with E-state index in [-0.39, 0.29) is 5.41 Å². The summed E-state index contributed by atoms with van der Waals surface area (Å²) in [7, 11) is 0. The summed E-state index contributed by atoms with van der Waals surface area (Å²) >= 11 is 0. The van der Waals surface area contributed by atoms with Crippen LogP contribution in [-0.4, -0.2) is 0 Å². The molecular formula is C48H66N2. The molecule has 268 valence electrons. The zero-order valence-electron chi connectivity index (χ0n) is 32.1. The highest BCUT2D eigenvalue weighted by molar-refractivity contribution is 5.51. The molecule has 50 heavy (non-hydrogen) atoms. The first-order valence-corrected chi connectivity index (χ1v) is 20.2. The summed E-state index contributed by atoms with van der Waals surface area (Å²) in [5, 5.41) is 0. The smallest absolute Gasteiger partial charge is 0.0316 e. The fourth-order valence-corrected chi connectivity index (χ4v) is 9.14. The number of benzene rings is 4. The maximum absolute atomic E-state index is 6.19. The van der Waals surface area contributed by atoms with Gasteiger partial charge in [-0.1, -0.05) is 139 Å². The fraction of sp³-hybridized carbons (Fsp3) is 0.500. The number of anilines is 2. The molecule has 2 heteroatoms. The molecule has 0 spiro atoms. The summed E-state index contributed by atoms with van der Waals surface area (Å²) in [5.41, 5.74) is 25.5. The van der Waals surface area contributed by atoms with Crippen molar-refractivity contribution in [2.75, 3.05) is 11.5 Å². The minimum absolute atomic E-state index is 0.0589. The molecule has 2 nitrogen and oxygen atoms in total. The Morgan fingerprint density at radius 2 is 0.980 bits per heavy atom. The number of nitrogen functional groups attached to an aromatic ring is 2. The van der Waals surface area contributed by atoms with Gasteiger partial charge in [0.2, 0.25) is 0 Å². The maximum Gasteiger partial charge on any atom is 0.0316 e. The second-order valence-electron chi connectivity index (χ2n) is 15.7. The van der Waals surface area contributed by atoms with Crippen LogP contribution in [0, 0.1) is 19.8 Å². The lowest BCUT2D eigenvalue weighted by Gasteiger charge is -2.42. The summed E-state index contributed by atoms with van der Waals surface area (Å²) in [5.74, 6) is 1.66. The van der Waals surface area contributed by atoms with Gasteiger partial charge >= 0.3 is 0 Å². The molecule has 4 aromatic rings. The highest BCUT2D eigenvalue weighted by atomic mass is 14.5. The van der Waals surface area contributed by atoms with Crippen LogP contribution in [0.1, 0.15) is 173 Å². The maximum atomic E-state index is 6.19. The van der Waals surface area contributed by atoms with Crippen LogP contribution in [0.25, 0.3) is 0 Å². The van der Waals surface area contributed by atoms with E-state index in [1.54, 1.807) is 0 Å². The predicted molar refractivity (Wildman–Crippen MR) is 218 cm³/mol. The van der Waals surface area contributed by atoms with Gasteiger partial charge in [-0.15, -0.1) is 0 Å². The molecular weight excluding hydrogens is 605 g/mol. The van der Waals surface area contributed by atoms with Crippen LogP contribution in [0.4, 0.5) is 11.4 Å². The van der Waals surface area contributed by atoms with Gasteiger partial charge in [-0.3, -0.25) is 0 Å². The normalized spacial score (nSPS) is 18.9. The SMILES string of the molecule is CCCCCC(c1ccc(C2(c3ccc(C(CCCCC)c4ccc(N)cc4C)cc3)CCC(CCCC)CC2)cc1)c1ccc(N)cc1C. The van der Waals surface area contributed by atoms with E-state index in [0.717, 1.165) is 17.3 Å². The van der Waals surface area contributed by atoms with Crippen LogP contribution in [0.2, 0.25) is 0 Å². The van der Waals surface area contributed by atoms with E-state index >= 15 is 0 Å². The van der Waals surface area contributed by atoms with Gasteiger partial charge in [-0.25, -0.2) is 0 Å². The van der Waals surface area contributed by atoms with Gasteiger partial charge in [0.05, 0.1) is 0 Å². The van der Waals surface area contributed by atoms with E-state index < -0.39 is 0 Å². The lowest BCUT2D eigenvalue weighted by atomic mass is 9.62. The second kappa shape index (κ2) is 18.1. The molecule has 0 aromatic heterocycles. The Hall–Kier alpha value is -3.52. The average Bonchev–Trinajstić information content (AvgIpc) is 3.12. The van der Waals surface area contributed by atoms with Gasteiger partial charge in [0.1, 0.15) is 0 Å². The van der Waals surface area contributed by atoms with E-state index in [2.05, 4.69) is 120 Å². The van der Waals surface area contributed by atoms with Crippen LogP contribution >= 0.6 is 0 Å². The molecule has 2 atom stereocenters. The minimum Gasteiger partial charge on any atom is -0.399 e. The molecule has 0 saturated heterocycles. The van der Waals surface area contributed by atoms with Crippen molar-refractivity contribution in [2.45, 2.75) is 148 Å². The quantitative estimate of drug-likeness (QED) is 0.0867. The molecule has 4 aromatic carbocycles. The van der Waals surface area contributed by atoms with Gasteiger partial charge in [0, 0.05) is 28.6 Å². The Bertz CT molecular complexity index is 1500. The second-order valence-corrected chi connectivity index (χ2v) is 15.7. The third-order valence-corrected chi connectivity index (χ3v) is 12.2. The summed E-state index contributed by atoms with van der Waals surface area (Å²) in [6, 6.07) is 32.9. The highest BCUT2D eigenvalue weighted by Crippen LogP contribution is 2.48. The molecule has 0 aliphatic heterocycles. The van der Waals surface area contributed by atoms with Crippen LogP contribution in [0.5, 0.6) is 0 Å². The molecule has 0 radical (unpaired) electrons. The number of nitrogens with two attached hydrogens (primary N) is 2. The van der Waals surface area contributed by atoms with Crippen molar-refractivity contribution < 1.29 is 0 Å². The zero-order chi connectivity index (χ0) is 35.5. The molecule has 4 N–H and O–H groups in total. The zero-order valence-corrected chi connectivity index (χ0v) is 32.1. The molecule has 1 aliphatic carbocycles. The Labute approximate surface area is 305 Å². The number of hydrogen-bond donors (Lipinski definition) is 2. The van der Waals surface area contributed by atoms with E-state index in [4.69, 9.17) is 11.5 Å². The third kappa shape index (κ3) is 9.03. The van der Waals surface area contributed by atoms with Crippen molar-refractivity contribution in [1.29, 1.82) is 0 Å². The number of hydrogen-bond acceptors (Lipinski definition) is 2. The van der Waals surface area contributed by atoms with Gasteiger partial charge < -0.3 is 11.5 Å². The first-order chi connectivity index (χ1) is 24.3. The van der Waals surface area contributed by atoms with Gasteiger partial charge in [0.25, 0.3) is 0 Å². The number of aryl methyl sites for hydroxylation is 2. The van der Waals surface area contributed by atoms with Gasteiger partial charge in [-0.2, -0.15) is 0 Å². The van der Waals surface area contributed by atoms with Crippen LogP contribution in [-0.2, 0) is 5.41 Å². The van der Waals surface area contributed by atoms with Crippen molar-refractivity contribution >= 4 is 11.4 Å². The van der Waals surface area contributed by atoms with Gasteiger partial charge in [0.15, 0.2) is 0 Å².